The molecule has 0 spiro atoms. The maximum absolute atomic E-state index is 5.80. The van der Waals surface area contributed by atoms with Gasteiger partial charge in [0, 0.05) is 19.6 Å². The first-order valence-electron chi connectivity index (χ1n) is 5.27. The molecule has 1 N–H and O–H groups in total. The molecule has 3 nitrogen and oxygen atoms in total. The zero-order valence-electron chi connectivity index (χ0n) is 9.10. The largest absolute Gasteiger partial charge is 0.371 e. The molecule has 0 atom stereocenters. The summed E-state index contributed by atoms with van der Waals surface area (Å²) in [7, 11) is 0. The Kier molecular flexibility index (Phi) is 4.16. The van der Waals surface area contributed by atoms with Gasteiger partial charge in [-0.3, -0.25) is 0 Å². The number of nitrogens with one attached hydrogen (secondary N) is 1. The van der Waals surface area contributed by atoms with Gasteiger partial charge in [-0.2, -0.15) is 0 Å². The molecule has 78 valence electrons. The van der Waals surface area contributed by atoms with Crippen LogP contribution in [0.3, 0.4) is 0 Å². The molecule has 1 aliphatic heterocycles. The highest BCUT2D eigenvalue weighted by Gasteiger charge is 2.32. The van der Waals surface area contributed by atoms with E-state index in [1.807, 2.05) is 0 Å². The third-order valence-corrected chi connectivity index (χ3v) is 2.75. The van der Waals surface area contributed by atoms with Crippen LogP contribution >= 0.6 is 0 Å². The summed E-state index contributed by atoms with van der Waals surface area (Å²) >= 11 is 0. The minimum absolute atomic E-state index is 0.118. The summed E-state index contributed by atoms with van der Waals surface area (Å²) in [6.45, 7) is 12.7. The first-order chi connectivity index (χ1) is 6.20. The van der Waals surface area contributed by atoms with E-state index in [1.165, 1.54) is 0 Å². The van der Waals surface area contributed by atoms with Crippen molar-refractivity contribution in [3.05, 3.63) is 0 Å². The third-order valence-electron chi connectivity index (χ3n) is 2.75. The SMILES string of the molecule is CCN(CC)CCOC1(C)CNC1. The Morgan fingerprint density at radius 1 is 1.31 bits per heavy atom. The molecule has 0 radical (unpaired) electrons. The van der Waals surface area contributed by atoms with E-state index in [0.717, 1.165) is 39.3 Å². The van der Waals surface area contributed by atoms with Crippen molar-refractivity contribution in [3.63, 3.8) is 0 Å². The van der Waals surface area contributed by atoms with E-state index in [0.29, 0.717) is 0 Å². The van der Waals surface area contributed by atoms with Gasteiger partial charge in [-0.25, -0.2) is 0 Å². The predicted molar refractivity (Wildman–Crippen MR) is 55.0 cm³/mol. The number of hydrogen-bond acceptors (Lipinski definition) is 3. The summed E-state index contributed by atoms with van der Waals surface area (Å²) in [6.07, 6.45) is 0. The zero-order valence-corrected chi connectivity index (χ0v) is 9.10. The lowest BCUT2D eigenvalue weighted by Gasteiger charge is -2.39. The molecule has 0 aromatic carbocycles. The van der Waals surface area contributed by atoms with Crippen LogP contribution in [0.4, 0.5) is 0 Å². The fourth-order valence-electron chi connectivity index (χ4n) is 1.54. The summed E-state index contributed by atoms with van der Waals surface area (Å²) in [5.74, 6) is 0. The first-order valence-corrected chi connectivity index (χ1v) is 5.27. The second-order valence-electron chi connectivity index (χ2n) is 3.93. The maximum Gasteiger partial charge on any atom is 0.0902 e. The lowest BCUT2D eigenvalue weighted by atomic mass is 10.0. The number of rotatable bonds is 6. The Hall–Kier alpha value is -0.120. The highest BCUT2D eigenvalue weighted by molar-refractivity contribution is 4.90. The molecular weight excluding hydrogens is 164 g/mol. The van der Waals surface area contributed by atoms with Crippen LogP contribution in [0.2, 0.25) is 0 Å². The third kappa shape index (κ3) is 3.25. The Bertz CT molecular complexity index is 142. The number of likely N-dealkylation sites (N-methyl/N-ethyl adjacent to an activating group) is 1. The van der Waals surface area contributed by atoms with Gasteiger partial charge in [0.25, 0.3) is 0 Å². The van der Waals surface area contributed by atoms with Crippen LogP contribution in [0, 0.1) is 0 Å². The van der Waals surface area contributed by atoms with Gasteiger partial charge in [-0.15, -0.1) is 0 Å². The summed E-state index contributed by atoms with van der Waals surface area (Å²) in [5, 5.41) is 3.23. The van der Waals surface area contributed by atoms with Gasteiger partial charge in [0.15, 0.2) is 0 Å². The van der Waals surface area contributed by atoms with Gasteiger partial charge < -0.3 is 15.0 Å². The van der Waals surface area contributed by atoms with Crippen LogP contribution in [-0.2, 0) is 4.74 Å². The van der Waals surface area contributed by atoms with Crippen molar-refractivity contribution in [3.8, 4) is 0 Å². The summed E-state index contributed by atoms with van der Waals surface area (Å²) in [5.41, 5.74) is 0.118. The highest BCUT2D eigenvalue weighted by Crippen LogP contribution is 2.14. The molecule has 1 fully saturated rings. The predicted octanol–water partition coefficient (Wildman–Crippen LogP) is 0.707. The monoisotopic (exact) mass is 186 g/mol. The Morgan fingerprint density at radius 2 is 1.92 bits per heavy atom. The van der Waals surface area contributed by atoms with Crippen LogP contribution in [0.1, 0.15) is 20.8 Å². The van der Waals surface area contributed by atoms with Crippen LogP contribution in [-0.4, -0.2) is 49.8 Å². The molecule has 1 heterocycles. The van der Waals surface area contributed by atoms with E-state index >= 15 is 0 Å². The van der Waals surface area contributed by atoms with Crippen molar-refractivity contribution in [2.24, 2.45) is 0 Å². The van der Waals surface area contributed by atoms with Crippen LogP contribution in [0.15, 0.2) is 0 Å². The number of nitrogens with zero attached hydrogens (tertiary/aromatic N) is 1. The van der Waals surface area contributed by atoms with Gasteiger partial charge >= 0.3 is 0 Å². The van der Waals surface area contributed by atoms with Gasteiger partial charge in [0.1, 0.15) is 0 Å². The van der Waals surface area contributed by atoms with E-state index in [4.69, 9.17) is 4.74 Å². The van der Waals surface area contributed by atoms with Crippen molar-refractivity contribution in [1.82, 2.24) is 10.2 Å². The van der Waals surface area contributed by atoms with Crippen molar-refractivity contribution in [2.45, 2.75) is 26.4 Å². The van der Waals surface area contributed by atoms with Crippen molar-refractivity contribution < 1.29 is 4.74 Å². The van der Waals surface area contributed by atoms with Crippen molar-refractivity contribution in [1.29, 1.82) is 0 Å². The van der Waals surface area contributed by atoms with Gasteiger partial charge in [-0.1, -0.05) is 13.8 Å². The van der Waals surface area contributed by atoms with E-state index in [9.17, 15) is 0 Å². The average molecular weight is 186 g/mol. The standard InChI is InChI=1S/C10H22N2O/c1-4-12(5-2)6-7-13-10(3)8-11-9-10/h11H,4-9H2,1-3H3. The van der Waals surface area contributed by atoms with Gasteiger partial charge in [0.2, 0.25) is 0 Å². The van der Waals surface area contributed by atoms with Crippen molar-refractivity contribution in [2.75, 3.05) is 39.3 Å². The Labute approximate surface area is 81.4 Å². The molecule has 0 saturated carbocycles. The fourth-order valence-corrected chi connectivity index (χ4v) is 1.54. The molecule has 1 saturated heterocycles. The van der Waals surface area contributed by atoms with Gasteiger partial charge in [-0.05, 0) is 20.0 Å². The molecular formula is C10H22N2O. The summed E-state index contributed by atoms with van der Waals surface area (Å²) in [4.78, 5) is 2.38. The van der Waals surface area contributed by atoms with Gasteiger partial charge in [0.05, 0.1) is 12.2 Å². The molecule has 1 aliphatic rings. The fraction of sp³-hybridized carbons (Fsp3) is 1.00. The van der Waals surface area contributed by atoms with Crippen LogP contribution in [0.25, 0.3) is 0 Å². The molecule has 3 heteroatoms. The lowest BCUT2D eigenvalue weighted by Crippen LogP contribution is -2.59. The summed E-state index contributed by atoms with van der Waals surface area (Å²) in [6, 6.07) is 0. The lowest BCUT2D eigenvalue weighted by molar-refractivity contribution is -0.0716. The normalized spacial score (nSPS) is 20.3. The second-order valence-corrected chi connectivity index (χ2v) is 3.93. The molecule has 0 aromatic rings. The first kappa shape index (κ1) is 11.0. The molecule has 13 heavy (non-hydrogen) atoms. The minimum atomic E-state index is 0.118. The van der Waals surface area contributed by atoms with E-state index < -0.39 is 0 Å². The second kappa shape index (κ2) is 4.94. The molecule has 0 bridgehead atoms. The minimum Gasteiger partial charge on any atom is -0.371 e. The molecule has 0 aliphatic carbocycles. The van der Waals surface area contributed by atoms with E-state index in [1.54, 1.807) is 0 Å². The zero-order chi connectivity index (χ0) is 9.73. The summed E-state index contributed by atoms with van der Waals surface area (Å²) < 4.78 is 5.80. The molecule has 0 unspecified atom stereocenters. The number of ether oxygens (including phenoxy) is 1. The maximum atomic E-state index is 5.80. The Morgan fingerprint density at radius 3 is 2.31 bits per heavy atom. The van der Waals surface area contributed by atoms with Crippen molar-refractivity contribution >= 4 is 0 Å². The number of hydrogen-bond donors (Lipinski definition) is 1. The highest BCUT2D eigenvalue weighted by atomic mass is 16.5. The molecule has 0 aromatic heterocycles. The molecule has 1 rings (SSSR count). The smallest absolute Gasteiger partial charge is 0.0902 e. The van der Waals surface area contributed by atoms with Crippen LogP contribution < -0.4 is 5.32 Å². The average Bonchev–Trinajstić information content (AvgIpc) is 2.10. The van der Waals surface area contributed by atoms with Crippen LogP contribution in [0.5, 0.6) is 0 Å². The van der Waals surface area contributed by atoms with E-state index in [-0.39, 0.29) is 5.60 Å². The topological polar surface area (TPSA) is 24.5 Å². The molecule has 0 amide bonds. The van der Waals surface area contributed by atoms with E-state index in [2.05, 4.69) is 31.0 Å². The Balaban J connectivity index is 2.05. The quantitative estimate of drug-likeness (QED) is 0.661.